The Morgan fingerprint density at radius 3 is 2.47 bits per heavy atom. The van der Waals surface area contributed by atoms with E-state index in [4.69, 9.17) is 15.2 Å². The fraction of sp³-hybridized carbons (Fsp3) is 0.500. The minimum atomic E-state index is 0.172. The number of benzene rings is 1. The number of rotatable bonds is 6. The molecule has 0 amide bonds. The van der Waals surface area contributed by atoms with E-state index in [1.807, 2.05) is 24.3 Å². The van der Waals surface area contributed by atoms with E-state index in [1.165, 1.54) is 0 Å². The standard InChI is InChI=1S/C12H19NO2/c1-3-10(8-9-13)15-12-7-5-4-6-11(12)14-2/h4-7,10H,3,8-9,13H2,1-2H3. The number of hydrogen-bond donors (Lipinski definition) is 1. The summed E-state index contributed by atoms with van der Waals surface area (Å²) in [6.45, 7) is 2.74. The molecule has 1 aromatic carbocycles. The van der Waals surface area contributed by atoms with Crippen molar-refractivity contribution in [1.29, 1.82) is 0 Å². The van der Waals surface area contributed by atoms with E-state index >= 15 is 0 Å². The topological polar surface area (TPSA) is 44.5 Å². The van der Waals surface area contributed by atoms with Gasteiger partial charge in [0.05, 0.1) is 13.2 Å². The third-order valence-electron chi connectivity index (χ3n) is 2.31. The molecule has 0 radical (unpaired) electrons. The molecular formula is C12H19NO2. The van der Waals surface area contributed by atoms with Crippen molar-refractivity contribution in [3.05, 3.63) is 24.3 Å². The van der Waals surface area contributed by atoms with Gasteiger partial charge in [0.25, 0.3) is 0 Å². The predicted molar refractivity (Wildman–Crippen MR) is 61.4 cm³/mol. The van der Waals surface area contributed by atoms with Gasteiger partial charge in [0.2, 0.25) is 0 Å². The predicted octanol–water partition coefficient (Wildman–Crippen LogP) is 2.20. The van der Waals surface area contributed by atoms with Crippen LogP contribution in [-0.4, -0.2) is 19.8 Å². The van der Waals surface area contributed by atoms with Crippen LogP contribution in [0.25, 0.3) is 0 Å². The summed E-state index contributed by atoms with van der Waals surface area (Å²) in [5.74, 6) is 1.56. The molecule has 2 N–H and O–H groups in total. The van der Waals surface area contributed by atoms with Crippen LogP contribution in [0.3, 0.4) is 0 Å². The lowest BCUT2D eigenvalue weighted by molar-refractivity contribution is 0.182. The van der Waals surface area contributed by atoms with Crippen molar-refractivity contribution in [2.45, 2.75) is 25.9 Å². The fourth-order valence-corrected chi connectivity index (χ4v) is 1.43. The fourth-order valence-electron chi connectivity index (χ4n) is 1.43. The van der Waals surface area contributed by atoms with Crippen LogP contribution in [0, 0.1) is 0 Å². The Labute approximate surface area is 91.2 Å². The van der Waals surface area contributed by atoms with Gasteiger partial charge in [0.15, 0.2) is 11.5 Å². The van der Waals surface area contributed by atoms with Crippen molar-refractivity contribution in [1.82, 2.24) is 0 Å². The largest absolute Gasteiger partial charge is 0.493 e. The summed E-state index contributed by atoms with van der Waals surface area (Å²) in [6.07, 6.45) is 2.00. The molecule has 0 bridgehead atoms. The van der Waals surface area contributed by atoms with Crippen LogP contribution in [0.2, 0.25) is 0 Å². The molecule has 0 spiro atoms. The molecule has 1 unspecified atom stereocenters. The average molecular weight is 209 g/mol. The first-order chi connectivity index (χ1) is 7.31. The van der Waals surface area contributed by atoms with Gasteiger partial charge < -0.3 is 15.2 Å². The molecule has 0 aliphatic carbocycles. The Morgan fingerprint density at radius 1 is 1.27 bits per heavy atom. The van der Waals surface area contributed by atoms with Gasteiger partial charge in [-0.2, -0.15) is 0 Å². The van der Waals surface area contributed by atoms with E-state index in [2.05, 4.69) is 6.92 Å². The zero-order chi connectivity index (χ0) is 11.1. The molecular weight excluding hydrogens is 190 g/mol. The van der Waals surface area contributed by atoms with Gasteiger partial charge in [-0.15, -0.1) is 0 Å². The smallest absolute Gasteiger partial charge is 0.161 e. The lowest BCUT2D eigenvalue weighted by atomic mass is 10.2. The van der Waals surface area contributed by atoms with E-state index in [1.54, 1.807) is 7.11 Å². The number of ether oxygens (including phenoxy) is 2. The third kappa shape index (κ3) is 3.44. The van der Waals surface area contributed by atoms with Gasteiger partial charge >= 0.3 is 0 Å². The van der Waals surface area contributed by atoms with E-state index in [0.29, 0.717) is 6.54 Å². The normalized spacial score (nSPS) is 12.2. The number of para-hydroxylation sites is 2. The van der Waals surface area contributed by atoms with Crippen molar-refractivity contribution in [3.63, 3.8) is 0 Å². The maximum atomic E-state index is 5.82. The van der Waals surface area contributed by atoms with Crippen molar-refractivity contribution in [2.75, 3.05) is 13.7 Å². The van der Waals surface area contributed by atoms with Gasteiger partial charge in [-0.25, -0.2) is 0 Å². The monoisotopic (exact) mass is 209 g/mol. The summed E-state index contributed by atoms with van der Waals surface area (Å²) in [5.41, 5.74) is 5.52. The minimum Gasteiger partial charge on any atom is -0.493 e. The summed E-state index contributed by atoms with van der Waals surface area (Å²) in [6, 6.07) is 7.67. The Bertz CT molecular complexity index is 289. The number of methoxy groups -OCH3 is 1. The zero-order valence-corrected chi connectivity index (χ0v) is 9.40. The maximum Gasteiger partial charge on any atom is 0.161 e. The Balaban J connectivity index is 2.69. The molecule has 1 aromatic rings. The second kappa shape index (κ2) is 6.30. The molecule has 0 aliphatic heterocycles. The highest BCUT2D eigenvalue weighted by molar-refractivity contribution is 5.39. The van der Waals surface area contributed by atoms with Gasteiger partial charge in [0.1, 0.15) is 0 Å². The SMILES string of the molecule is CCC(CCN)Oc1ccccc1OC. The Morgan fingerprint density at radius 2 is 1.93 bits per heavy atom. The molecule has 0 fully saturated rings. The summed E-state index contributed by atoms with van der Waals surface area (Å²) in [4.78, 5) is 0. The number of nitrogens with two attached hydrogens (primary N) is 1. The van der Waals surface area contributed by atoms with Crippen LogP contribution in [-0.2, 0) is 0 Å². The van der Waals surface area contributed by atoms with E-state index < -0.39 is 0 Å². The van der Waals surface area contributed by atoms with Crippen molar-refractivity contribution in [2.24, 2.45) is 5.73 Å². The Hall–Kier alpha value is -1.22. The van der Waals surface area contributed by atoms with E-state index in [-0.39, 0.29) is 6.10 Å². The molecule has 0 aliphatic rings. The van der Waals surface area contributed by atoms with Crippen molar-refractivity contribution >= 4 is 0 Å². The van der Waals surface area contributed by atoms with Crippen molar-refractivity contribution < 1.29 is 9.47 Å². The maximum absolute atomic E-state index is 5.82. The van der Waals surface area contributed by atoms with Gasteiger partial charge in [-0.05, 0) is 31.5 Å². The third-order valence-corrected chi connectivity index (χ3v) is 2.31. The molecule has 0 aromatic heterocycles. The molecule has 1 atom stereocenters. The summed E-state index contributed by atoms with van der Waals surface area (Å²) in [7, 11) is 1.64. The van der Waals surface area contributed by atoms with Crippen LogP contribution in [0.1, 0.15) is 19.8 Å². The lowest BCUT2D eigenvalue weighted by Gasteiger charge is -2.18. The quantitative estimate of drug-likeness (QED) is 0.781. The second-order valence-corrected chi connectivity index (χ2v) is 3.38. The molecule has 0 saturated heterocycles. The highest BCUT2D eigenvalue weighted by Gasteiger charge is 2.09. The van der Waals surface area contributed by atoms with Gasteiger partial charge in [0, 0.05) is 0 Å². The number of hydrogen-bond acceptors (Lipinski definition) is 3. The minimum absolute atomic E-state index is 0.172. The van der Waals surface area contributed by atoms with Gasteiger partial charge in [-0.3, -0.25) is 0 Å². The van der Waals surface area contributed by atoms with Gasteiger partial charge in [-0.1, -0.05) is 19.1 Å². The second-order valence-electron chi connectivity index (χ2n) is 3.38. The summed E-state index contributed by atoms with van der Waals surface area (Å²) < 4.78 is 11.0. The van der Waals surface area contributed by atoms with E-state index in [0.717, 1.165) is 24.3 Å². The van der Waals surface area contributed by atoms with Crippen LogP contribution < -0.4 is 15.2 Å². The van der Waals surface area contributed by atoms with Crippen molar-refractivity contribution in [3.8, 4) is 11.5 Å². The summed E-state index contributed by atoms with van der Waals surface area (Å²) >= 11 is 0. The molecule has 0 saturated carbocycles. The molecule has 1 rings (SSSR count). The van der Waals surface area contributed by atoms with Crippen LogP contribution >= 0.6 is 0 Å². The van der Waals surface area contributed by atoms with Crippen LogP contribution in [0.15, 0.2) is 24.3 Å². The highest BCUT2D eigenvalue weighted by atomic mass is 16.5. The first kappa shape index (κ1) is 11.9. The molecule has 3 heteroatoms. The zero-order valence-electron chi connectivity index (χ0n) is 9.40. The molecule has 84 valence electrons. The molecule has 3 nitrogen and oxygen atoms in total. The van der Waals surface area contributed by atoms with E-state index in [9.17, 15) is 0 Å². The van der Waals surface area contributed by atoms with Crippen LogP contribution in [0.4, 0.5) is 0 Å². The molecule has 0 heterocycles. The summed E-state index contributed by atoms with van der Waals surface area (Å²) in [5, 5.41) is 0. The first-order valence-corrected chi connectivity index (χ1v) is 5.31. The Kier molecular flexibility index (Phi) is 4.98. The molecule has 15 heavy (non-hydrogen) atoms. The average Bonchev–Trinajstić information content (AvgIpc) is 2.29. The highest BCUT2D eigenvalue weighted by Crippen LogP contribution is 2.27. The van der Waals surface area contributed by atoms with Crippen LogP contribution in [0.5, 0.6) is 11.5 Å². The first-order valence-electron chi connectivity index (χ1n) is 5.31. The lowest BCUT2D eigenvalue weighted by Crippen LogP contribution is -2.20.